The molecule has 146 valence electrons. The highest BCUT2D eigenvalue weighted by molar-refractivity contribution is 5.28. The first-order chi connectivity index (χ1) is 12.7. The van der Waals surface area contributed by atoms with E-state index in [0.29, 0.717) is 19.2 Å². The fraction of sp³-hybridized carbons (Fsp3) is 0.727. The number of aliphatic hydroxyl groups excluding tert-OH is 1. The molecular weight excluding hydrogens is 324 g/mol. The Kier molecular flexibility index (Phi) is 7.35. The van der Waals surface area contributed by atoms with Crippen LogP contribution >= 0.6 is 0 Å². The smallest absolute Gasteiger partial charge is 0.119 e. The van der Waals surface area contributed by atoms with E-state index in [1.807, 2.05) is 6.07 Å². The minimum Gasteiger partial charge on any atom is -0.491 e. The largest absolute Gasteiger partial charge is 0.491 e. The molecule has 0 bridgehead atoms. The van der Waals surface area contributed by atoms with E-state index in [4.69, 9.17) is 4.74 Å². The quantitative estimate of drug-likeness (QED) is 0.690. The first kappa shape index (κ1) is 19.7. The van der Waals surface area contributed by atoms with Crippen molar-refractivity contribution in [3.05, 3.63) is 29.8 Å². The zero-order valence-corrected chi connectivity index (χ0v) is 16.6. The Bertz CT molecular complexity index is 541. The molecule has 0 aromatic heterocycles. The van der Waals surface area contributed by atoms with Gasteiger partial charge in [0.2, 0.25) is 0 Å². The zero-order chi connectivity index (χ0) is 18.4. The van der Waals surface area contributed by atoms with Crippen LogP contribution in [0.2, 0.25) is 0 Å². The molecule has 4 nitrogen and oxygen atoms in total. The third-order valence-corrected chi connectivity index (χ3v) is 5.89. The molecular formula is C22H36N2O2. The van der Waals surface area contributed by atoms with Crippen LogP contribution in [-0.4, -0.2) is 59.8 Å². The third-order valence-electron chi connectivity index (χ3n) is 5.89. The van der Waals surface area contributed by atoms with Crippen LogP contribution in [0.1, 0.15) is 57.4 Å². The summed E-state index contributed by atoms with van der Waals surface area (Å²) >= 11 is 0. The van der Waals surface area contributed by atoms with Crippen molar-refractivity contribution >= 4 is 0 Å². The average molecular weight is 361 g/mol. The summed E-state index contributed by atoms with van der Waals surface area (Å²) in [5, 5.41) is 10.4. The molecule has 2 saturated carbocycles. The summed E-state index contributed by atoms with van der Waals surface area (Å²) in [6.07, 6.45) is 8.78. The van der Waals surface area contributed by atoms with E-state index in [-0.39, 0.29) is 0 Å². The van der Waals surface area contributed by atoms with Crippen molar-refractivity contribution in [1.82, 2.24) is 9.80 Å². The minimum atomic E-state index is -0.441. The molecule has 26 heavy (non-hydrogen) atoms. The predicted octanol–water partition coefficient (Wildman–Crippen LogP) is 3.68. The topological polar surface area (TPSA) is 35.9 Å². The maximum Gasteiger partial charge on any atom is 0.119 e. The van der Waals surface area contributed by atoms with Crippen LogP contribution in [0.5, 0.6) is 5.75 Å². The fourth-order valence-electron chi connectivity index (χ4n) is 4.16. The highest BCUT2D eigenvalue weighted by atomic mass is 16.5. The number of benzene rings is 1. The number of rotatable bonds is 10. The Morgan fingerprint density at radius 1 is 1.12 bits per heavy atom. The van der Waals surface area contributed by atoms with Gasteiger partial charge in [0, 0.05) is 25.2 Å². The highest BCUT2D eigenvalue weighted by Crippen LogP contribution is 2.28. The molecule has 1 aromatic rings. The maximum absolute atomic E-state index is 10.4. The molecule has 2 aliphatic carbocycles. The van der Waals surface area contributed by atoms with E-state index in [1.54, 1.807) is 0 Å². The van der Waals surface area contributed by atoms with Gasteiger partial charge in [-0.05, 0) is 57.0 Å². The molecule has 0 radical (unpaired) electrons. The summed E-state index contributed by atoms with van der Waals surface area (Å²) < 4.78 is 5.89. The minimum absolute atomic E-state index is 0.362. The van der Waals surface area contributed by atoms with Crippen LogP contribution in [0.4, 0.5) is 0 Å². The summed E-state index contributed by atoms with van der Waals surface area (Å²) in [6.45, 7) is 5.38. The number of likely N-dealkylation sites (N-methyl/N-ethyl adjacent to an activating group) is 1. The van der Waals surface area contributed by atoms with E-state index in [9.17, 15) is 5.11 Å². The summed E-state index contributed by atoms with van der Waals surface area (Å²) in [5.74, 6) is 0.869. The van der Waals surface area contributed by atoms with Gasteiger partial charge in [-0.3, -0.25) is 4.90 Å². The Labute approximate surface area is 159 Å². The number of hydrogen-bond acceptors (Lipinski definition) is 4. The number of ether oxygens (including phenoxy) is 1. The van der Waals surface area contributed by atoms with Crippen LogP contribution in [0, 0.1) is 0 Å². The Hall–Kier alpha value is -1.10. The van der Waals surface area contributed by atoms with Gasteiger partial charge in [-0.25, -0.2) is 0 Å². The summed E-state index contributed by atoms with van der Waals surface area (Å²) in [6, 6.07) is 9.76. The highest BCUT2D eigenvalue weighted by Gasteiger charge is 2.27. The lowest BCUT2D eigenvalue weighted by Gasteiger charge is -2.32. The zero-order valence-electron chi connectivity index (χ0n) is 16.6. The SMILES string of the molecule is CCN(Cc1cccc(OCC(O)CN(C)C2CCCCC2)c1)C1CC1. The third kappa shape index (κ3) is 5.97. The summed E-state index contributed by atoms with van der Waals surface area (Å²) in [4.78, 5) is 4.85. The summed E-state index contributed by atoms with van der Waals surface area (Å²) in [5.41, 5.74) is 1.30. The first-order valence-electron chi connectivity index (χ1n) is 10.5. The molecule has 3 rings (SSSR count). The summed E-state index contributed by atoms with van der Waals surface area (Å²) in [7, 11) is 2.14. The van der Waals surface area contributed by atoms with Gasteiger partial charge in [-0.15, -0.1) is 0 Å². The molecule has 0 amide bonds. The van der Waals surface area contributed by atoms with Crippen molar-refractivity contribution in [2.75, 3.05) is 26.7 Å². The normalized spacial score (nSPS) is 19.9. The lowest BCUT2D eigenvalue weighted by atomic mass is 9.94. The molecule has 4 heteroatoms. The Morgan fingerprint density at radius 2 is 1.88 bits per heavy atom. The van der Waals surface area contributed by atoms with Crippen molar-refractivity contribution in [2.24, 2.45) is 0 Å². The van der Waals surface area contributed by atoms with E-state index in [1.165, 1.54) is 50.5 Å². The molecule has 0 spiro atoms. The first-order valence-corrected chi connectivity index (χ1v) is 10.5. The fourth-order valence-corrected chi connectivity index (χ4v) is 4.16. The molecule has 1 aromatic carbocycles. The predicted molar refractivity (Wildman–Crippen MR) is 107 cm³/mol. The van der Waals surface area contributed by atoms with Gasteiger partial charge in [0.1, 0.15) is 18.5 Å². The molecule has 0 saturated heterocycles. The van der Waals surface area contributed by atoms with Crippen LogP contribution in [0.15, 0.2) is 24.3 Å². The van der Waals surface area contributed by atoms with Crippen molar-refractivity contribution < 1.29 is 9.84 Å². The number of nitrogens with zero attached hydrogens (tertiary/aromatic N) is 2. The van der Waals surface area contributed by atoms with E-state index >= 15 is 0 Å². The number of hydrogen-bond donors (Lipinski definition) is 1. The van der Waals surface area contributed by atoms with E-state index in [2.05, 4.69) is 42.0 Å². The van der Waals surface area contributed by atoms with Gasteiger partial charge in [0.15, 0.2) is 0 Å². The second-order valence-corrected chi connectivity index (χ2v) is 8.14. The van der Waals surface area contributed by atoms with Crippen molar-refractivity contribution in [1.29, 1.82) is 0 Å². The monoisotopic (exact) mass is 360 g/mol. The lowest BCUT2D eigenvalue weighted by Crippen LogP contribution is -2.40. The van der Waals surface area contributed by atoms with Gasteiger partial charge in [0.05, 0.1) is 0 Å². The molecule has 0 aliphatic heterocycles. The van der Waals surface area contributed by atoms with Crippen molar-refractivity contribution in [3.8, 4) is 5.75 Å². The second-order valence-electron chi connectivity index (χ2n) is 8.14. The molecule has 1 unspecified atom stereocenters. The molecule has 2 aliphatic rings. The van der Waals surface area contributed by atoms with Gasteiger partial charge in [-0.1, -0.05) is 38.3 Å². The Balaban J connectivity index is 1.44. The van der Waals surface area contributed by atoms with Crippen LogP contribution < -0.4 is 4.74 Å². The van der Waals surface area contributed by atoms with E-state index in [0.717, 1.165) is 24.9 Å². The van der Waals surface area contributed by atoms with Gasteiger partial charge in [-0.2, -0.15) is 0 Å². The van der Waals surface area contributed by atoms with Crippen molar-refractivity contribution in [3.63, 3.8) is 0 Å². The van der Waals surface area contributed by atoms with Gasteiger partial charge >= 0.3 is 0 Å². The molecule has 0 heterocycles. The molecule has 1 N–H and O–H groups in total. The van der Waals surface area contributed by atoms with Crippen LogP contribution in [0.3, 0.4) is 0 Å². The Morgan fingerprint density at radius 3 is 2.58 bits per heavy atom. The van der Waals surface area contributed by atoms with Gasteiger partial charge < -0.3 is 14.7 Å². The number of aliphatic hydroxyl groups is 1. The standard InChI is InChI=1S/C22H36N2O2/c1-3-24(20-12-13-20)15-18-8-7-11-22(14-18)26-17-21(25)16-23(2)19-9-5-4-6-10-19/h7-8,11,14,19-21,25H,3-6,9-10,12-13,15-17H2,1-2H3. The van der Waals surface area contributed by atoms with Crippen LogP contribution in [-0.2, 0) is 6.54 Å². The van der Waals surface area contributed by atoms with Gasteiger partial charge in [0.25, 0.3) is 0 Å². The average Bonchev–Trinajstić information content (AvgIpc) is 3.50. The molecule has 2 fully saturated rings. The second kappa shape index (κ2) is 9.72. The molecule has 1 atom stereocenters. The van der Waals surface area contributed by atoms with Crippen molar-refractivity contribution in [2.45, 2.75) is 76.6 Å². The van der Waals surface area contributed by atoms with Crippen LogP contribution in [0.25, 0.3) is 0 Å². The lowest BCUT2D eigenvalue weighted by molar-refractivity contribution is 0.0561. The maximum atomic E-state index is 10.4. The van der Waals surface area contributed by atoms with E-state index < -0.39 is 6.10 Å².